The minimum absolute atomic E-state index is 0.0451. The molecule has 6 heteroatoms. The SMILES string of the molecule is O=C(NC1(CCl)CCOCC1)c1ccc(O)c(Cl)c1. The minimum atomic E-state index is -0.429. The summed E-state index contributed by atoms with van der Waals surface area (Å²) >= 11 is 11.8. The monoisotopic (exact) mass is 303 g/mol. The molecular weight excluding hydrogens is 289 g/mol. The largest absolute Gasteiger partial charge is 0.506 e. The summed E-state index contributed by atoms with van der Waals surface area (Å²) in [6.07, 6.45) is 1.38. The molecule has 1 aliphatic rings. The molecule has 1 aromatic carbocycles. The van der Waals surface area contributed by atoms with Gasteiger partial charge in [-0.2, -0.15) is 0 Å². The summed E-state index contributed by atoms with van der Waals surface area (Å²) in [7, 11) is 0. The van der Waals surface area contributed by atoms with Crippen LogP contribution in [0.3, 0.4) is 0 Å². The van der Waals surface area contributed by atoms with Crippen LogP contribution in [0.5, 0.6) is 5.75 Å². The van der Waals surface area contributed by atoms with Crippen LogP contribution in [-0.2, 0) is 4.74 Å². The summed E-state index contributed by atoms with van der Waals surface area (Å²) in [6, 6.07) is 4.36. The summed E-state index contributed by atoms with van der Waals surface area (Å²) < 4.78 is 5.28. The Labute approximate surface area is 121 Å². The smallest absolute Gasteiger partial charge is 0.251 e. The van der Waals surface area contributed by atoms with Gasteiger partial charge in [0.2, 0.25) is 0 Å². The van der Waals surface area contributed by atoms with Crippen LogP contribution in [0, 0.1) is 0 Å². The third kappa shape index (κ3) is 3.32. The fourth-order valence-corrected chi connectivity index (χ4v) is 2.53. The van der Waals surface area contributed by atoms with Crippen LogP contribution in [0.2, 0.25) is 5.02 Å². The molecule has 19 heavy (non-hydrogen) atoms. The Hall–Kier alpha value is -0.970. The second kappa shape index (κ2) is 5.99. The van der Waals surface area contributed by atoms with Crippen molar-refractivity contribution in [2.45, 2.75) is 18.4 Å². The number of rotatable bonds is 3. The summed E-state index contributed by atoms with van der Waals surface area (Å²) in [5.41, 5.74) is -0.0277. The molecule has 1 saturated heterocycles. The van der Waals surface area contributed by atoms with Gasteiger partial charge in [-0.05, 0) is 31.0 Å². The van der Waals surface area contributed by atoms with E-state index in [0.717, 1.165) is 0 Å². The van der Waals surface area contributed by atoms with Crippen LogP contribution in [0.15, 0.2) is 18.2 Å². The Kier molecular flexibility index (Phi) is 4.55. The summed E-state index contributed by atoms with van der Waals surface area (Å²) in [4.78, 5) is 12.2. The van der Waals surface area contributed by atoms with Gasteiger partial charge in [0.15, 0.2) is 0 Å². The standard InChI is InChI=1S/C13H15Cl2NO3/c14-8-13(3-5-19-6-4-13)16-12(18)9-1-2-11(17)10(15)7-9/h1-2,7,17H,3-6,8H2,(H,16,18). The molecule has 0 atom stereocenters. The van der Waals surface area contributed by atoms with Crippen molar-refractivity contribution in [3.63, 3.8) is 0 Å². The van der Waals surface area contributed by atoms with Crippen molar-refractivity contribution < 1.29 is 14.6 Å². The topological polar surface area (TPSA) is 58.6 Å². The quantitative estimate of drug-likeness (QED) is 0.844. The van der Waals surface area contributed by atoms with Gasteiger partial charge in [-0.25, -0.2) is 0 Å². The lowest BCUT2D eigenvalue weighted by molar-refractivity contribution is 0.0434. The molecule has 1 amide bonds. The van der Waals surface area contributed by atoms with Gasteiger partial charge in [-0.15, -0.1) is 11.6 Å². The lowest BCUT2D eigenvalue weighted by Gasteiger charge is -2.36. The number of nitrogens with one attached hydrogen (secondary N) is 1. The molecule has 0 bridgehead atoms. The highest BCUT2D eigenvalue weighted by Crippen LogP contribution is 2.26. The Morgan fingerprint density at radius 1 is 1.42 bits per heavy atom. The Balaban J connectivity index is 2.12. The van der Waals surface area contributed by atoms with Crippen LogP contribution in [0.1, 0.15) is 23.2 Å². The molecule has 0 saturated carbocycles. The fourth-order valence-electron chi connectivity index (χ4n) is 2.02. The van der Waals surface area contributed by atoms with Crippen molar-refractivity contribution in [2.75, 3.05) is 19.1 Å². The average molecular weight is 304 g/mol. The van der Waals surface area contributed by atoms with E-state index in [4.69, 9.17) is 27.9 Å². The van der Waals surface area contributed by atoms with Crippen LogP contribution in [-0.4, -0.2) is 35.6 Å². The van der Waals surface area contributed by atoms with Gasteiger partial charge in [-0.3, -0.25) is 4.79 Å². The number of benzene rings is 1. The predicted octanol–water partition coefficient (Wildman–Crippen LogP) is 2.56. The van der Waals surface area contributed by atoms with E-state index in [2.05, 4.69) is 5.32 Å². The van der Waals surface area contributed by atoms with Crippen molar-refractivity contribution in [1.29, 1.82) is 0 Å². The van der Waals surface area contributed by atoms with Gasteiger partial charge in [-0.1, -0.05) is 11.6 Å². The number of carbonyl (C=O) groups is 1. The maximum atomic E-state index is 12.2. The number of halogens is 2. The first-order chi connectivity index (χ1) is 9.06. The molecule has 2 rings (SSSR count). The maximum Gasteiger partial charge on any atom is 0.251 e. The van der Waals surface area contributed by atoms with E-state index in [1.807, 2.05) is 0 Å². The van der Waals surface area contributed by atoms with Crippen molar-refractivity contribution in [3.8, 4) is 5.75 Å². The van der Waals surface area contributed by atoms with Crippen molar-refractivity contribution in [2.24, 2.45) is 0 Å². The number of carbonyl (C=O) groups excluding carboxylic acids is 1. The predicted molar refractivity (Wildman–Crippen MR) is 74.1 cm³/mol. The van der Waals surface area contributed by atoms with Gasteiger partial charge in [0.1, 0.15) is 5.75 Å². The molecule has 1 heterocycles. The maximum absolute atomic E-state index is 12.2. The Morgan fingerprint density at radius 2 is 2.11 bits per heavy atom. The number of alkyl halides is 1. The third-order valence-electron chi connectivity index (χ3n) is 3.29. The molecule has 1 aromatic rings. The van der Waals surface area contributed by atoms with E-state index in [9.17, 15) is 9.90 Å². The molecule has 0 radical (unpaired) electrons. The molecule has 0 aromatic heterocycles. The van der Waals surface area contributed by atoms with Gasteiger partial charge >= 0.3 is 0 Å². The first kappa shape index (κ1) is 14.4. The summed E-state index contributed by atoms with van der Waals surface area (Å²) in [5, 5.41) is 12.4. The zero-order valence-corrected chi connectivity index (χ0v) is 11.8. The highest BCUT2D eigenvalue weighted by molar-refractivity contribution is 6.32. The number of phenols is 1. The van der Waals surface area contributed by atoms with Crippen molar-refractivity contribution >= 4 is 29.1 Å². The zero-order valence-electron chi connectivity index (χ0n) is 10.3. The normalized spacial score (nSPS) is 18.0. The van der Waals surface area contributed by atoms with Gasteiger partial charge in [0.05, 0.1) is 10.6 Å². The number of hydrogen-bond donors (Lipinski definition) is 2. The molecule has 1 aliphatic heterocycles. The van der Waals surface area contributed by atoms with Crippen molar-refractivity contribution in [1.82, 2.24) is 5.32 Å². The van der Waals surface area contributed by atoms with Crippen molar-refractivity contribution in [3.05, 3.63) is 28.8 Å². The van der Waals surface area contributed by atoms with E-state index in [0.29, 0.717) is 37.5 Å². The van der Waals surface area contributed by atoms with Crippen LogP contribution >= 0.6 is 23.2 Å². The van der Waals surface area contributed by atoms with Crippen LogP contribution < -0.4 is 5.32 Å². The highest BCUT2D eigenvalue weighted by Gasteiger charge is 2.33. The lowest BCUT2D eigenvalue weighted by Crippen LogP contribution is -2.53. The molecule has 0 spiro atoms. The molecule has 4 nitrogen and oxygen atoms in total. The molecule has 0 aliphatic carbocycles. The molecule has 0 unspecified atom stereocenters. The van der Waals surface area contributed by atoms with E-state index >= 15 is 0 Å². The summed E-state index contributed by atoms with van der Waals surface area (Å²) in [6.45, 7) is 1.17. The van der Waals surface area contributed by atoms with E-state index < -0.39 is 5.54 Å². The number of phenolic OH excluding ortho intramolecular Hbond substituents is 1. The minimum Gasteiger partial charge on any atom is -0.506 e. The Morgan fingerprint density at radius 3 is 2.68 bits per heavy atom. The average Bonchev–Trinajstić information content (AvgIpc) is 2.43. The number of hydrogen-bond acceptors (Lipinski definition) is 3. The summed E-state index contributed by atoms with van der Waals surface area (Å²) in [5.74, 6) is 0.0503. The van der Waals surface area contributed by atoms with Gasteiger partial charge < -0.3 is 15.2 Å². The third-order valence-corrected chi connectivity index (χ3v) is 4.11. The molecule has 1 fully saturated rings. The van der Waals surface area contributed by atoms with E-state index in [1.165, 1.54) is 18.2 Å². The second-order valence-corrected chi connectivity index (χ2v) is 5.32. The van der Waals surface area contributed by atoms with Gasteiger partial charge in [0.25, 0.3) is 5.91 Å². The molecule has 104 valence electrons. The molecule has 2 N–H and O–H groups in total. The van der Waals surface area contributed by atoms with E-state index in [1.54, 1.807) is 0 Å². The highest BCUT2D eigenvalue weighted by atomic mass is 35.5. The second-order valence-electron chi connectivity index (χ2n) is 4.65. The number of aromatic hydroxyl groups is 1. The first-order valence-corrected chi connectivity index (χ1v) is 6.92. The van der Waals surface area contributed by atoms with E-state index in [-0.39, 0.29) is 16.7 Å². The fraction of sp³-hybridized carbons (Fsp3) is 0.462. The van der Waals surface area contributed by atoms with Gasteiger partial charge in [0, 0.05) is 24.7 Å². The lowest BCUT2D eigenvalue weighted by atomic mass is 9.92. The number of amides is 1. The first-order valence-electron chi connectivity index (χ1n) is 6.01. The van der Waals surface area contributed by atoms with Crippen LogP contribution in [0.25, 0.3) is 0 Å². The zero-order chi connectivity index (χ0) is 13.9. The number of ether oxygens (including phenoxy) is 1. The Bertz CT molecular complexity index is 473. The molecular formula is C13H15Cl2NO3. The van der Waals surface area contributed by atoms with Crippen LogP contribution in [0.4, 0.5) is 0 Å².